The highest BCUT2D eigenvalue weighted by atomic mass is 16.8. The summed E-state index contributed by atoms with van der Waals surface area (Å²) in [6, 6.07) is 17.2. The van der Waals surface area contributed by atoms with Gasteiger partial charge in [0.1, 0.15) is 55.6 Å². The molecule has 8 heterocycles. The van der Waals surface area contributed by atoms with E-state index in [1.807, 2.05) is 111 Å². The highest BCUT2D eigenvalue weighted by Crippen LogP contribution is 2.51. The zero-order valence-electron chi connectivity index (χ0n) is 61.1. The van der Waals surface area contributed by atoms with Gasteiger partial charge in [0.15, 0.2) is 41.5 Å². The number of carbonyl (C=O) groups is 8. The normalized spacial score (nSPS) is 42.1. The van der Waals surface area contributed by atoms with Crippen LogP contribution in [0, 0.1) is 47.3 Å². The SMILES string of the molecule is CC[C@H]1OC(=O)O[C@@]1(C)[C@@H]1OC(=O)[C@H](C)C(=O)[C@H](C)[C@@H](O[C@@H]2OC(C)CC(N(C)C(=O)OCc3ccccc3)C2OC(=O)OCc2ccccc2)[C@]2(C)CC(C)C(O2)[C@@H]1C.CC[C@H]1OC(=O)O[C@@]1(C)[C@@H]1OC(=O)[C@H](C)C(=O)[C@H](C)[C@@H](O[C@@H]2OC(C)CC(NC)C2O)[C@]2(C)CC(C)C(O2)[C@@H]1C. The van der Waals surface area contributed by atoms with E-state index < -0.39 is 186 Å². The first-order chi connectivity index (χ1) is 47.1. The predicted octanol–water partition coefficient (Wildman–Crippen LogP) is 9.90. The first kappa shape index (κ1) is 77.6. The molecule has 0 spiro atoms. The highest BCUT2D eigenvalue weighted by molar-refractivity contribution is 6.00. The number of hydrogen-bond donors (Lipinski definition) is 2. The molecule has 10 unspecified atom stereocenters. The van der Waals surface area contributed by atoms with E-state index in [1.165, 1.54) is 18.7 Å². The molecule has 100 heavy (non-hydrogen) atoms. The van der Waals surface area contributed by atoms with Crippen molar-refractivity contribution in [1.29, 1.82) is 0 Å². The Morgan fingerprint density at radius 3 is 1.45 bits per heavy atom. The standard InChI is InChI=1S/C45H59NO14.C29H47NO10/c1-10-33-45(8,60-43(51)55-33)38-29(6)35-25(2)22-44(7,59-35)37(27(4)34(47)28(5)39(48)57-38)58-40-36(56-42(50)53-24-31-19-15-12-16-20-31)32(21-26(3)54-40)46(9)41(49)52-23-30-17-13-11-14-18-30;1-10-19-29(8,40-27(34)36-19)24-17(6)22-13(2)12-28(7,39-22)23(15(4)20(31)16(5)25(33)37-24)38-26-21(32)18(30-9)11-14(3)35-26/h11-20,25-29,32-33,35-38,40H,10,21-24H2,1-9H3;13-19,21-24,26,30,32H,10-12H2,1-9H3/t25?,26?,27-,28+,29-,32?,33+,35?,36?,37+,38+,40-,44-,45+;13?,14?,15-,16+,17-,18?,19+,21?,22?,23+,24+,26-,28-,29+/m00/s1. The van der Waals surface area contributed by atoms with Crippen molar-refractivity contribution >= 4 is 48.1 Å². The molecule has 8 fully saturated rings. The zero-order valence-corrected chi connectivity index (χ0v) is 61.1. The van der Waals surface area contributed by atoms with E-state index in [0.29, 0.717) is 32.1 Å². The molecule has 8 saturated heterocycles. The Kier molecular flexibility index (Phi) is 24.5. The van der Waals surface area contributed by atoms with Crippen molar-refractivity contribution in [2.24, 2.45) is 47.3 Å². The maximum absolute atomic E-state index is 14.4. The van der Waals surface area contributed by atoms with Gasteiger partial charge in [-0.25, -0.2) is 19.2 Å². The smallest absolute Gasteiger partial charge is 0.457 e. The summed E-state index contributed by atoms with van der Waals surface area (Å²) in [5, 5.41) is 14.2. The van der Waals surface area contributed by atoms with E-state index in [4.69, 9.17) is 71.1 Å². The number of ketones is 2. The Balaban J connectivity index is 0.000000253. The van der Waals surface area contributed by atoms with Gasteiger partial charge in [0.05, 0.1) is 53.9 Å². The summed E-state index contributed by atoms with van der Waals surface area (Å²) in [6.45, 7) is 28.7. The number of nitrogens with one attached hydrogen (secondary N) is 1. The van der Waals surface area contributed by atoms with Crippen LogP contribution in [0.1, 0.15) is 160 Å². The third-order valence-electron chi connectivity index (χ3n) is 22.3. The number of cyclic esters (lactones) is 6. The van der Waals surface area contributed by atoms with Crippen LogP contribution in [-0.2, 0) is 103 Å². The number of amides is 1. The van der Waals surface area contributed by atoms with Gasteiger partial charge in [-0.15, -0.1) is 0 Å². The molecule has 0 aliphatic carbocycles. The molecule has 28 atom stereocenters. The molecule has 0 saturated carbocycles. The number of nitrogens with zero attached hydrogens (tertiary/aromatic N) is 1. The second kappa shape index (κ2) is 31.6. The van der Waals surface area contributed by atoms with Gasteiger partial charge >= 0.3 is 36.5 Å². The van der Waals surface area contributed by atoms with E-state index in [0.717, 1.165) is 11.1 Å². The van der Waals surface area contributed by atoms with Crippen molar-refractivity contribution in [3.05, 3.63) is 71.8 Å². The van der Waals surface area contributed by atoms with Crippen molar-refractivity contribution in [2.45, 2.75) is 283 Å². The molecular weight excluding hydrogens is 1300 g/mol. The molecule has 2 aromatic carbocycles. The summed E-state index contributed by atoms with van der Waals surface area (Å²) < 4.78 is 91.4. The monoisotopic (exact) mass is 1410 g/mol. The number of rotatable bonds is 15. The number of likely N-dealkylation sites (N-methyl/N-ethyl adjacent to an activating group) is 2. The fraction of sp³-hybridized carbons (Fsp3) is 0.730. The van der Waals surface area contributed by atoms with E-state index in [-0.39, 0.29) is 49.4 Å². The first-order valence-electron chi connectivity index (χ1n) is 35.5. The molecule has 1 amide bonds. The molecular formula is C74H106N2O24. The number of Topliss-reactive ketones (excluding diaryl/α,β-unsaturated/α-hetero) is 2. The summed E-state index contributed by atoms with van der Waals surface area (Å²) in [7, 11) is 3.32. The number of carbonyl (C=O) groups excluding carboxylic acids is 8. The number of aliphatic hydroxyl groups is 1. The lowest BCUT2D eigenvalue weighted by Crippen LogP contribution is -2.60. The Labute approximate surface area is 586 Å². The molecule has 26 nitrogen and oxygen atoms in total. The van der Waals surface area contributed by atoms with Gasteiger partial charge in [-0.3, -0.25) is 19.2 Å². The molecule has 10 rings (SSSR count). The van der Waals surface area contributed by atoms with E-state index in [2.05, 4.69) is 5.32 Å². The van der Waals surface area contributed by atoms with Gasteiger partial charge in [0.25, 0.3) is 0 Å². The molecule has 8 aliphatic heterocycles. The van der Waals surface area contributed by atoms with Crippen LogP contribution in [0.25, 0.3) is 0 Å². The Bertz CT molecular complexity index is 3220. The molecule has 0 aromatic heterocycles. The third kappa shape index (κ3) is 16.1. The fourth-order valence-corrected chi connectivity index (χ4v) is 16.9. The fourth-order valence-electron chi connectivity index (χ4n) is 16.9. The largest absolute Gasteiger partial charge is 0.509 e. The van der Waals surface area contributed by atoms with Crippen LogP contribution in [-0.4, -0.2) is 192 Å². The van der Waals surface area contributed by atoms with Crippen molar-refractivity contribution < 1.29 is 115 Å². The molecule has 8 aliphatic rings. The van der Waals surface area contributed by atoms with E-state index >= 15 is 0 Å². The lowest BCUT2D eigenvalue weighted by Gasteiger charge is -2.46. The number of aliphatic hydroxyl groups excluding tert-OH is 1. The second-order valence-electron chi connectivity index (χ2n) is 29.9. The average molecular weight is 1410 g/mol. The zero-order chi connectivity index (χ0) is 73.2. The lowest BCUT2D eigenvalue weighted by atomic mass is 9.76. The van der Waals surface area contributed by atoms with Crippen LogP contribution in [0.15, 0.2) is 60.7 Å². The molecule has 26 heteroatoms. The summed E-state index contributed by atoms with van der Waals surface area (Å²) in [5.74, 6) is -7.65. The van der Waals surface area contributed by atoms with Gasteiger partial charge in [-0.05, 0) is 124 Å². The van der Waals surface area contributed by atoms with Crippen molar-refractivity contribution in [1.82, 2.24) is 10.2 Å². The van der Waals surface area contributed by atoms with Gasteiger partial charge in [0, 0.05) is 36.8 Å². The highest BCUT2D eigenvalue weighted by Gasteiger charge is 2.64. The van der Waals surface area contributed by atoms with Crippen LogP contribution in [0.3, 0.4) is 0 Å². The van der Waals surface area contributed by atoms with Gasteiger partial charge < -0.3 is 86.4 Å². The lowest BCUT2D eigenvalue weighted by molar-refractivity contribution is -0.296. The average Bonchev–Trinajstić information content (AvgIpc) is 1.58. The van der Waals surface area contributed by atoms with Crippen molar-refractivity contribution in [3.8, 4) is 0 Å². The minimum atomic E-state index is -1.36. The minimum Gasteiger partial charge on any atom is -0.457 e. The maximum atomic E-state index is 14.4. The van der Waals surface area contributed by atoms with Gasteiger partial charge in [-0.1, -0.05) is 116 Å². The predicted molar refractivity (Wildman–Crippen MR) is 355 cm³/mol. The second-order valence-corrected chi connectivity index (χ2v) is 29.9. The topological polar surface area (TPSA) is 311 Å². The number of esters is 2. The Hall–Kier alpha value is -6.52. The number of ether oxygens (including phenoxy) is 15. The minimum absolute atomic E-state index is 0.0116. The Morgan fingerprint density at radius 2 is 1.01 bits per heavy atom. The van der Waals surface area contributed by atoms with Crippen LogP contribution < -0.4 is 5.32 Å². The van der Waals surface area contributed by atoms with E-state index in [9.17, 15) is 43.5 Å². The van der Waals surface area contributed by atoms with E-state index in [1.54, 1.807) is 60.8 Å². The molecule has 0 radical (unpaired) electrons. The van der Waals surface area contributed by atoms with Crippen molar-refractivity contribution in [3.63, 3.8) is 0 Å². The summed E-state index contributed by atoms with van der Waals surface area (Å²) in [4.78, 5) is 109. The van der Waals surface area contributed by atoms with Crippen LogP contribution >= 0.6 is 0 Å². The van der Waals surface area contributed by atoms with Crippen LogP contribution in [0.4, 0.5) is 19.2 Å². The summed E-state index contributed by atoms with van der Waals surface area (Å²) in [6.07, 6.45) is -12.2. The maximum Gasteiger partial charge on any atom is 0.509 e. The quantitative estimate of drug-likeness (QED) is 0.0951. The molecule has 2 aromatic rings. The molecule has 556 valence electrons. The van der Waals surface area contributed by atoms with Crippen molar-refractivity contribution in [2.75, 3.05) is 14.1 Å². The van der Waals surface area contributed by atoms with Crippen LogP contribution in [0.5, 0.6) is 0 Å². The number of hydrogen-bond acceptors (Lipinski definition) is 25. The van der Waals surface area contributed by atoms with Crippen LogP contribution in [0.2, 0.25) is 0 Å². The third-order valence-corrected chi connectivity index (χ3v) is 22.3. The van der Waals surface area contributed by atoms with Gasteiger partial charge in [0.2, 0.25) is 0 Å². The Morgan fingerprint density at radius 1 is 0.590 bits per heavy atom. The number of fused-ring (bicyclic) bond motifs is 4. The van der Waals surface area contributed by atoms with Gasteiger partial charge in [-0.2, -0.15) is 0 Å². The molecule has 4 bridgehead atoms. The molecule has 2 N–H and O–H groups in total. The first-order valence-corrected chi connectivity index (χ1v) is 35.5. The summed E-state index contributed by atoms with van der Waals surface area (Å²) >= 11 is 0. The summed E-state index contributed by atoms with van der Waals surface area (Å²) in [5.41, 5.74) is -3.22. The number of benzene rings is 2.